The second kappa shape index (κ2) is 7.57. The Morgan fingerprint density at radius 2 is 2.00 bits per heavy atom. The van der Waals surface area contributed by atoms with Crippen LogP contribution >= 0.6 is 0 Å². The molecule has 1 saturated heterocycles. The van der Waals surface area contributed by atoms with Crippen LogP contribution in [0.2, 0.25) is 0 Å². The normalized spacial score (nSPS) is 17.6. The monoisotopic (exact) mass is 426 g/mol. The summed E-state index contributed by atoms with van der Waals surface area (Å²) in [6.45, 7) is 1.00. The zero-order valence-corrected chi connectivity index (χ0v) is 14.9. The van der Waals surface area contributed by atoms with Crippen LogP contribution in [0.25, 0.3) is 0 Å². The van der Waals surface area contributed by atoms with Gasteiger partial charge in [-0.05, 0) is 6.42 Å². The van der Waals surface area contributed by atoms with Crippen molar-refractivity contribution in [2.45, 2.75) is 18.8 Å². The van der Waals surface area contributed by atoms with Crippen LogP contribution in [0.4, 0.5) is 43.8 Å². The number of nitrogens with two attached hydrogens (primary N) is 1. The maximum atomic E-state index is 13.4. The molecule has 1 fully saturated rings. The average molecular weight is 426 g/mol. The van der Waals surface area contributed by atoms with Gasteiger partial charge in [-0.15, -0.1) is 0 Å². The Morgan fingerprint density at radius 1 is 1.28 bits per heavy atom. The van der Waals surface area contributed by atoms with E-state index in [-0.39, 0.29) is 18.4 Å². The molecule has 3 rings (SSSR count). The summed E-state index contributed by atoms with van der Waals surface area (Å²) in [6.07, 6.45) is -8.60. The molecule has 3 heterocycles. The van der Waals surface area contributed by atoms with Gasteiger partial charge in [0.15, 0.2) is 5.69 Å². The smallest absolute Gasteiger partial charge is 0.437 e. The minimum Gasteiger partial charge on any atom is -0.476 e. The zero-order valence-electron chi connectivity index (χ0n) is 14.9. The van der Waals surface area contributed by atoms with Crippen LogP contribution in [0, 0.1) is 5.92 Å². The quantitative estimate of drug-likeness (QED) is 0.709. The van der Waals surface area contributed by atoms with E-state index in [0.29, 0.717) is 25.8 Å². The molecule has 0 aromatic carbocycles. The summed E-state index contributed by atoms with van der Waals surface area (Å²) >= 11 is 0. The third-order valence-electron chi connectivity index (χ3n) is 4.10. The summed E-state index contributed by atoms with van der Waals surface area (Å²) in [5, 5.41) is 5.64. The Labute approximate surface area is 160 Å². The summed E-state index contributed by atoms with van der Waals surface area (Å²) in [5.74, 6) is -1.78. The van der Waals surface area contributed by atoms with E-state index in [1.54, 1.807) is 0 Å². The maximum Gasteiger partial charge on any atom is 0.437 e. The lowest BCUT2D eigenvalue weighted by Crippen LogP contribution is -2.15. The van der Waals surface area contributed by atoms with Gasteiger partial charge >= 0.3 is 12.4 Å². The van der Waals surface area contributed by atoms with Crippen molar-refractivity contribution in [3.8, 4) is 5.88 Å². The van der Waals surface area contributed by atoms with Crippen LogP contribution in [0.5, 0.6) is 5.88 Å². The first-order valence-corrected chi connectivity index (χ1v) is 8.28. The van der Waals surface area contributed by atoms with Gasteiger partial charge in [0.25, 0.3) is 0 Å². The predicted molar refractivity (Wildman–Crippen MR) is 87.4 cm³/mol. The van der Waals surface area contributed by atoms with E-state index in [1.807, 2.05) is 0 Å². The molecule has 14 heteroatoms. The van der Waals surface area contributed by atoms with E-state index in [0.717, 1.165) is 4.68 Å². The van der Waals surface area contributed by atoms with Crippen molar-refractivity contribution >= 4 is 17.5 Å². The molecule has 0 saturated carbocycles. The predicted octanol–water partition coefficient (Wildman–Crippen LogP) is 2.99. The lowest BCUT2D eigenvalue weighted by molar-refractivity contribution is -0.141. The number of alkyl halides is 6. The van der Waals surface area contributed by atoms with Gasteiger partial charge in [0.1, 0.15) is 17.1 Å². The minimum atomic E-state index is -4.87. The molecule has 0 aliphatic carbocycles. The fourth-order valence-corrected chi connectivity index (χ4v) is 2.68. The standard InChI is InChI=1S/C15H16F6N6O2/c1-27-12(29-6-7-2-3-28-5-7)9(10(26-27)15(19,20)21)24-13-23-4-8(11(22)25-13)14(16,17)18/h4,7H,2-3,5-6H2,1H3,(H3,22,23,24,25)/t7-/m0/s1. The topological polar surface area (TPSA) is 100 Å². The van der Waals surface area contributed by atoms with Crippen LogP contribution in [0.15, 0.2) is 6.20 Å². The fraction of sp³-hybridized carbons (Fsp3) is 0.533. The van der Waals surface area contributed by atoms with Crippen molar-refractivity contribution in [1.29, 1.82) is 0 Å². The van der Waals surface area contributed by atoms with E-state index < -0.39 is 41.1 Å². The molecule has 0 radical (unpaired) electrons. The number of rotatable bonds is 5. The Bertz CT molecular complexity index is 875. The van der Waals surface area contributed by atoms with Crippen LogP contribution in [0.3, 0.4) is 0 Å². The fourth-order valence-electron chi connectivity index (χ4n) is 2.68. The SMILES string of the molecule is Cn1nc(C(F)(F)F)c(Nc2ncc(C(F)(F)F)c(N)n2)c1OC[C@H]1CCOC1. The lowest BCUT2D eigenvalue weighted by atomic mass is 10.1. The lowest BCUT2D eigenvalue weighted by Gasteiger charge is -2.14. The molecular weight excluding hydrogens is 410 g/mol. The molecule has 1 aliphatic rings. The number of aryl methyl sites for hydroxylation is 1. The Kier molecular flexibility index (Phi) is 5.47. The largest absolute Gasteiger partial charge is 0.476 e. The van der Waals surface area contributed by atoms with Crippen LogP contribution in [-0.2, 0) is 24.1 Å². The first-order valence-electron chi connectivity index (χ1n) is 8.28. The molecule has 0 amide bonds. The van der Waals surface area contributed by atoms with Crippen molar-refractivity contribution in [1.82, 2.24) is 19.7 Å². The van der Waals surface area contributed by atoms with Gasteiger partial charge in [-0.3, -0.25) is 0 Å². The van der Waals surface area contributed by atoms with Crippen LogP contribution in [-0.4, -0.2) is 39.6 Å². The number of hydrogen-bond acceptors (Lipinski definition) is 7. The summed E-state index contributed by atoms with van der Waals surface area (Å²) in [5.41, 5.74) is 2.01. The Hall–Kier alpha value is -2.77. The second-order valence-corrected chi connectivity index (χ2v) is 6.31. The number of halogens is 6. The van der Waals surface area contributed by atoms with Gasteiger partial charge in [-0.25, -0.2) is 9.67 Å². The van der Waals surface area contributed by atoms with Gasteiger partial charge in [0.2, 0.25) is 11.8 Å². The average Bonchev–Trinajstić information content (AvgIpc) is 3.20. The second-order valence-electron chi connectivity index (χ2n) is 6.31. The summed E-state index contributed by atoms with van der Waals surface area (Å²) in [7, 11) is 1.24. The van der Waals surface area contributed by atoms with E-state index in [2.05, 4.69) is 20.4 Å². The van der Waals surface area contributed by atoms with Gasteiger partial charge in [0.05, 0.1) is 13.2 Å². The van der Waals surface area contributed by atoms with E-state index >= 15 is 0 Å². The summed E-state index contributed by atoms with van der Waals surface area (Å²) in [4.78, 5) is 6.81. The highest BCUT2D eigenvalue weighted by Crippen LogP contribution is 2.41. The number of ether oxygens (including phenoxy) is 2. The molecular formula is C15H16F6N6O2. The molecule has 0 bridgehead atoms. The number of nitrogen functional groups attached to an aromatic ring is 1. The highest BCUT2D eigenvalue weighted by atomic mass is 19.4. The van der Waals surface area contributed by atoms with Crippen LogP contribution < -0.4 is 15.8 Å². The molecule has 2 aromatic rings. The Balaban J connectivity index is 1.92. The molecule has 160 valence electrons. The van der Waals surface area contributed by atoms with Gasteiger partial charge in [-0.2, -0.15) is 36.4 Å². The number of nitrogens with one attached hydrogen (secondary N) is 1. The third-order valence-corrected chi connectivity index (χ3v) is 4.10. The molecule has 1 atom stereocenters. The molecule has 2 aromatic heterocycles. The number of hydrogen-bond donors (Lipinski definition) is 2. The number of anilines is 3. The van der Waals surface area contributed by atoms with Crippen LogP contribution in [0.1, 0.15) is 17.7 Å². The number of nitrogens with zero attached hydrogens (tertiary/aromatic N) is 4. The van der Waals surface area contributed by atoms with E-state index in [1.165, 1.54) is 7.05 Å². The van der Waals surface area contributed by atoms with Gasteiger partial charge in [0, 0.05) is 25.8 Å². The maximum absolute atomic E-state index is 13.4. The van der Waals surface area contributed by atoms with Crippen molar-refractivity contribution in [2.24, 2.45) is 13.0 Å². The first kappa shape index (κ1) is 21.0. The first-order chi connectivity index (χ1) is 13.5. The van der Waals surface area contributed by atoms with Crippen molar-refractivity contribution in [3.63, 3.8) is 0 Å². The van der Waals surface area contributed by atoms with Crippen molar-refractivity contribution in [3.05, 3.63) is 17.5 Å². The molecule has 0 unspecified atom stereocenters. The Morgan fingerprint density at radius 3 is 2.55 bits per heavy atom. The minimum absolute atomic E-state index is 0.00921. The molecule has 3 N–H and O–H groups in total. The molecule has 1 aliphatic heterocycles. The number of aromatic nitrogens is 4. The highest BCUT2D eigenvalue weighted by Gasteiger charge is 2.41. The van der Waals surface area contributed by atoms with Gasteiger partial charge < -0.3 is 20.5 Å². The van der Waals surface area contributed by atoms with E-state index in [9.17, 15) is 26.3 Å². The molecule has 0 spiro atoms. The highest BCUT2D eigenvalue weighted by molar-refractivity contribution is 5.65. The van der Waals surface area contributed by atoms with Crippen molar-refractivity contribution in [2.75, 3.05) is 30.9 Å². The van der Waals surface area contributed by atoms with E-state index in [4.69, 9.17) is 15.2 Å². The zero-order chi connectivity index (χ0) is 21.4. The third kappa shape index (κ3) is 4.63. The van der Waals surface area contributed by atoms with Gasteiger partial charge in [-0.1, -0.05) is 0 Å². The van der Waals surface area contributed by atoms with Crippen molar-refractivity contribution < 1.29 is 35.8 Å². The molecule has 8 nitrogen and oxygen atoms in total. The molecule has 29 heavy (non-hydrogen) atoms. The summed E-state index contributed by atoms with van der Waals surface area (Å²) in [6, 6.07) is 0. The summed E-state index contributed by atoms with van der Waals surface area (Å²) < 4.78 is 90.0.